The maximum atomic E-state index is 14.3. The molecule has 1 unspecified atom stereocenters. The number of nitrogens with zero attached hydrogens (tertiary/aromatic N) is 3. The fraction of sp³-hybridized carbons (Fsp3) is 0.300. The average molecular weight is 356 g/mol. The maximum Gasteiger partial charge on any atom is 0.165 e. The minimum Gasteiger partial charge on any atom is -0.353 e. The van der Waals surface area contributed by atoms with Crippen molar-refractivity contribution in [1.29, 1.82) is 0 Å². The second-order valence-corrected chi connectivity index (χ2v) is 6.99. The predicted octanol–water partition coefficient (Wildman–Crippen LogP) is 5.47. The molecule has 3 aromatic rings. The molecule has 2 heterocycles. The zero-order chi connectivity index (χ0) is 17.4. The largest absolute Gasteiger partial charge is 0.353 e. The van der Waals surface area contributed by atoms with Crippen LogP contribution in [0.3, 0.4) is 0 Å². The molecule has 3 nitrogen and oxygen atoms in total. The second-order valence-electron chi connectivity index (χ2n) is 6.55. The van der Waals surface area contributed by atoms with Crippen molar-refractivity contribution in [1.82, 2.24) is 9.97 Å². The van der Waals surface area contributed by atoms with Crippen LogP contribution in [0.5, 0.6) is 0 Å². The molecule has 0 radical (unpaired) electrons. The van der Waals surface area contributed by atoms with E-state index in [-0.39, 0.29) is 5.82 Å². The van der Waals surface area contributed by atoms with Crippen molar-refractivity contribution in [2.24, 2.45) is 0 Å². The fourth-order valence-electron chi connectivity index (χ4n) is 3.48. The summed E-state index contributed by atoms with van der Waals surface area (Å²) in [6, 6.07) is 12.6. The molecule has 5 heteroatoms. The molecular formula is C20H19ClFN3. The highest BCUT2D eigenvalue weighted by Crippen LogP contribution is 2.33. The Morgan fingerprint density at radius 1 is 1.12 bits per heavy atom. The second kappa shape index (κ2) is 6.60. The molecule has 25 heavy (non-hydrogen) atoms. The molecule has 1 saturated heterocycles. The molecule has 0 aliphatic carbocycles. The Bertz CT molecular complexity index is 928. The lowest BCUT2D eigenvalue weighted by Gasteiger charge is -2.35. The van der Waals surface area contributed by atoms with E-state index in [0.29, 0.717) is 22.5 Å². The molecule has 0 bridgehead atoms. The van der Waals surface area contributed by atoms with Crippen molar-refractivity contribution in [3.8, 4) is 11.4 Å². The number of halogens is 2. The first-order valence-corrected chi connectivity index (χ1v) is 9.00. The number of piperidine rings is 1. The molecule has 1 fully saturated rings. The van der Waals surface area contributed by atoms with Gasteiger partial charge in [-0.1, -0.05) is 23.7 Å². The van der Waals surface area contributed by atoms with Crippen LogP contribution in [0.4, 0.5) is 10.2 Å². The number of rotatable bonds is 2. The monoisotopic (exact) mass is 355 g/mol. The van der Waals surface area contributed by atoms with Crippen LogP contribution < -0.4 is 4.90 Å². The van der Waals surface area contributed by atoms with Gasteiger partial charge in [-0.25, -0.2) is 14.4 Å². The van der Waals surface area contributed by atoms with Gasteiger partial charge in [-0.05, 0) is 56.5 Å². The normalized spacial score (nSPS) is 17.9. The van der Waals surface area contributed by atoms with Crippen molar-refractivity contribution in [3.63, 3.8) is 0 Å². The predicted molar refractivity (Wildman–Crippen MR) is 101 cm³/mol. The van der Waals surface area contributed by atoms with Gasteiger partial charge < -0.3 is 4.90 Å². The zero-order valence-corrected chi connectivity index (χ0v) is 14.8. The third kappa shape index (κ3) is 3.07. The molecule has 128 valence electrons. The number of fused-ring (bicyclic) bond motifs is 1. The summed E-state index contributed by atoms with van der Waals surface area (Å²) in [4.78, 5) is 11.7. The smallest absolute Gasteiger partial charge is 0.165 e. The van der Waals surface area contributed by atoms with E-state index in [4.69, 9.17) is 16.6 Å². The highest BCUT2D eigenvalue weighted by molar-refractivity contribution is 6.31. The number of benzene rings is 2. The van der Waals surface area contributed by atoms with Crippen LogP contribution in [-0.4, -0.2) is 22.6 Å². The zero-order valence-electron chi connectivity index (χ0n) is 14.0. The van der Waals surface area contributed by atoms with Gasteiger partial charge in [-0.2, -0.15) is 0 Å². The van der Waals surface area contributed by atoms with E-state index in [2.05, 4.69) is 16.8 Å². The Labute approximate surface area is 151 Å². The molecular weight excluding hydrogens is 337 g/mol. The van der Waals surface area contributed by atoms with Gasteiger partial charge in [0.15, 0.2) is 5.82 Å². The van der Waals surface area contributed by atoms with E-state index in [1.54, 1.807) is 18.2 Å². The van der Waals surface area contributed by atoms with E-state index >= 15 is 0 Å². The number of anilines is 1. The van der Waals surface area contributed by atoms with Crippen LogP contribution in [0.1, 0.15) is 26.2 Å². The lowest BCUT2D eigenvalue weighted by molar-refractivity contribution is 0.482. The van der Waals surface area contributed by atoms with Crippen LogP contribution >= 0.6 is 11.6 Å². The molecule has 1 aromatic heterocycles. The van der Waals surface area contributed by atoms with Gasteiger partial charge in [0.1, 0.15) is 11.6 Å². The highest BCUT2D eigenvalue weighted by Gasteiger charge is 2.23. The summed E-state index contributed by atoms with van der Waals surface area (Å²) in [5.41, 5.74) is 1.20. The highest BCUT2D eigenvalue weighted by atomic mass is 35.5. The first-order chi connectivity index (χ1) is 12.1. The average Bonchev–Trinajstić information content (AvgIpc) is 2.62. The first-order valence-electron chi connectivity index (χ1n) is 8.62. The topological polar surface area (TPSA) is 29.0 Å². The molecule has 0 saturated carbocycles. The molecule has 0 N–H and O–H groups in total. The van der Waals surface area contributed by atoms with Crippen molar-refractivity contribution in [3.05, 3.63) is 53.3 Å². The summed E-state index contributed by atoms with van der Waals surface area (Å²) in [6.45, 7) is 3.15. The van der Waals surface area contributed by atoms with Crippen molar-refractivity contribution < 1.29 is 4.39 Å². The van der Waals surface area contributed by atoms with Crippen LogP contribution in [-0.2, 0) is 0 Å². The fourth-order valence-corrected chi connectivity index (χ4v) is 3.65. The van der Waals surface area contributed by atoms with Gasteiger partial charge in [0.2, 0.25) is 0 Å². The molecule has 1 aliphatic rings. The SMILES string of the molecule is CC1CCCCN1c1nc(-c2ccccc2F)nc2ccc(Cl)cc12. The Morgan fingerprint density at radius 3 is 2.76 bits per heavy atom. The van der Waals surface area contributed by atoms with Crippen LogP contribution in [0.15, 0.2) is 42.5 Å². The van der Waals surface area contributed by atoms with Crippen molar-refractivity contribution >= 4 is 28.3 Å². The van der Waals surface area contributed by atoms with Gasteiger partial charge in [-0.15, -0.1) is 0 Å². The summed E-state index contributed by atoms with van der Waals surface area (Å²) >= 11 is 6.21. The summed E-state index contributed by atoms with van der Waals surface area (Å²) in [5, 5.41) is 1.57. The van der Waals surface area contributed by atoms with Crippen LogP contribution in [0.2, 0.25) is 5.02 Å². The van der Waals surface area contributed by atoms with E-state index in [1.165, 1.54) is 12.5 Å². The first kappa shape index (κ1) is 16.3. The van der Waals surface area contributed by atoms with Crippen molar-refractivity contribution in [2.45, 2.75) is 32.2 Å². The minimum atomic E-state index is -0.312. The standard InChI is InChI=1S/C20H19ClFN3/c1-13-6-4-5-11-25(13)20-16-12-14(21)9-10-18(16)23-19(24-20)15-7-2-3-8-17(15)22/h2-3,7-10,12-13H,4-6,11H2,1H3. The van der Waals surface area contributed by atoms with Crippen LogP contribution in [0, 0.1) is 5.82 Å². The van der Waals surface area contributed by atoms with E-state index in [0.717, 1.165) is 36.1 Å². The number of hydrogen-bond donors (Lipinski definition) is 0. The molecule has 2 aromatic carbocycles. The summed E-state index contributed by atoms with van der Waals surface area (Å²) in [5.74, 6) is 0.951. The van der Waals surface area contributed by atoms with Gasteiger partial charge in [0.05, 0.1) is 11.1 Å². The third-order valence-electron chi connectivity index (χ3n) is 4.83. The van der Waals surface area contributed by atoms with Gasteiger partial charge in [0, 0.05) is 23.0 Å². The van der Waals surface area contributed by atoms with Crippen LogP contribution in [0.25, 0.3) is 22.3 Å². The van der Waals surface area contributed by atoms with Gasteiger partial charge >= 0.3 is 0 Å². The molecule has 0 amide bonds. The molecule has 1 atom stereocenters. The van der Waals surface area contributed by atoms with E-state index in [9.17, 15) is 4.39 Å². The summed E-state index contributed by atoms with van der Waals surface area (Å²) < 4.78 is 14.3. The third-order valence-corrected chi connectivity index (χ3v) is 5.06. The Hall–Kier alpha value is -2.20. The van der Waals surface area contributed by atoms with E-state index < -0.39 is 0 Å². The Morgan fingerprint density at radius 2 is 1.96 bits per heavy atom. The number of hydrogen-bond acceptors (Lipinski definition) is 3. The molecule has 4 rings (SSSR count). The maximum absolute atomic E-state index is 14.3. The summed E-state index contributed by atoms with van der Waals surface area (Å²) in [6.07, 6.45) is 3.48. The lowest BCUT2D eigenvalue weighted by atomic mass is 10.0. The van der Waals surface area contributed by atoms with Crippen molar-refractivity contribution in [2.75, 3.05) is 11.4 Å². The molecule has 0 spiro atoms. The molecule has 1 aliphatic heterocycles. The Kier molecular flexibility index (Phi) is 4.30. The van der Waals surface area contributed by atoms with E-state index in [1.807, 2.05) is 18.2 Å². The number of aromatic nitrogens is 2. The lowest BCUT2D eigenvalue weighted by Crippen LogP contribution is -2.38. The summed E-state index contributed by atoms with van der Waals surface area (Å²) in [7, 11) is 0. The van der Waals surface area contributed by atoms with Gasteiger partial charge in [0.25, 0.3) is 0 Å². The van der Waals surface area contributed by atoms with Gasteiger partial charge in [-0.3, -0.25) is 0 Å². The minimum absolute atomic E-state index is 0.312. The quantitative estimate of drug-likeness (QED) is 0.610. The Balaban J connectivity index is 1.95.